The second-order valence-corrected chi connectivity index (χ2v) is 34.0. The van der Waals surface area contributed by atoms with E-state index >= 15 is 0 Å². The molecule has 0 heterocycles. The third kappa shape index (κ3) is 13.9. The van der Waals surface area contributed by atoms with Crippen molar-refractivity contribution in [3.8, 4) is 89.4 Å². The van der Waals surface area contributed by atoms with E-state index < -0.39 is 10.8 Å². The summed E-state index contributed by atoms with van der Waals surface area (Å²) in [4.78, 5) is 5.03. The van der Waals surface area contributed by atoms with Gasteiger partial charge < -0.3 is 19.3 Å². The van der Waals surface area contributed by atoms with Crippen LogP contribution in [-0.4, -0.2) is 13.2 Å². The van der Waals surface area contributed by atoms with Gasteiger partial charge in [-0.1, -0.05) is 373 Å². The smallest absolute Gasteiger partial charge is 0.119 e. The Kier molecular flexibility index (Phi) is 20.9. The minimum Gasteiger partial charge on any atom is -0.494 e. The van der Waals surface area contributed by atoms with Crippen LogP contribution in [0.5, 0.6) is 11.5 Å². The van der Waals surface area contributed by atoms with Crippen LogP contribution in [0.3, 0.4) is 0 Å². The predicted molar refractivity (Wildman–Crippen MR) is 522 cm³/mol. The van der Waals surface area contributed by atoms with Gasteiger partial charge in [-0.25, -0.2) is 0 Å². The lowest BCUT2D eigenvalue weighted by atomic mass is 9.69. The molecule has 4 aliphatic carbocycles. The number of nitrogens with zero attached hydrogens (tertiary/aromatic N) is 2. The van der Waals surface area contributed by atoms with Gasteiger partial charge in [0.2, 0.25) is 0 Å². The number of fused-ring (bicyclic) bond motifs is 16. The molecule has 0 saturated carbocycles. The number of hydrogen-bond donors (Lipinski definition) is 0. The van der Waals surface area contributed by atoms with Crippen LogP contribution < -0.4 is 19.3 Å². The molecule has 17 aromatic rings. The normalized spacial score (nSPS) is 15.6. The highest BCUT2D eigenvalue weighted by Gasteiger charge is 2.53. The van der Waals surface area contributed by atoms with Crippen LogP contribution in [0.15, 0.2) is 426 Å². The van der Waals surface area contributed by atoms with E-state index in [4.69, 9.17) is 9.47 Å². The largest absolute Gasteiger partial charge is 0.494 e. The third-order valence-electron chi connectivity index (χ3n) is 27.2. The highest BCUT2D eigenvalue weighted by atomic mass is 16.5. The van der Waals surface area contributed by atoms with Crippen LogP contribution in [0.25, 0.3) is 90.0 Å². The summed E-state index contributed by atoms with van der Waals surface area (Å²) in [6.07, 6.45) is 14.1. The number of rotatable bonds is 29. The Morgan fingerprint density at radius 3 is 0.896 bits per heavy atom. The molecule has 0 saturated heterocycles. The molecule has 0 bridgehead atoms. The van der Waals surface area contributed by atoms with E-state index in [0.29, 0.717) is 13.2 Å². The topological polar surface area (TPSA) is 24.9 Å². The van der Waals surface area contributed by atoms with Crippen LogP contribution in [0.1, 0.15) is 131 Å². The van der Waals surface area contributed by atoms with Gasteiger partial charge in [0, 0.05) is 45.0 Å². The average molecular weight is 1610 g/mol. The monoisotopic (exact) mass is 1610 g/mol. The third-order valence-corrected chi connectivity index (χ3v) is 27.2. The van der Waals surface area contributed by atoms with E-state index in [1.807, 2.05) is 36.4 Å². The van der Waals surface area contributed by atoms with Gasteiger partial charge in [0.05, 0.1) is 18.6 Å². The SMILES string of the molecule is C=Cc1ccc(OCCCCCCC2(c3ccccc3)c3ccccc3-c3ccc(N(c4ccc(-c5ccccc5)cc4)c4ccc(-c5ccc6c(c5)C5(c7ccccc7-6)c6ccccc6-c6ccc(N(c7ccc(-c8ccccc8)cc7)c7ccc8c(c7)C(CCCCCCOc7ccc(C=C)cc7)(c7ccccc7)c7ccccc7-8)cc65)cc4)cc32)cc1. The van der Waals surface area contributed by atoms with E-state index in [1.54, 1.807) is 0 Å². The maximum Gasteiger partial charge on any atom is 0.119 e. The molecule has 1 spiro atoms. The van der Waals surface area contributed by atoms with Crippen molar-refractivity contribution in [2.75, 3.05) is 23.0 Å². The van der Waals surface area contributed by atoms with E-state index in [0.717, 1.165) is 127 Å². The Morgan fingerprint density at radius 2 is 0.496 bits per heavy atom. The summed E-state index contributed by atoms with van der Waals surface area (Å²) in [5.74, 6) is 1.81. The van der Waals surface area contributed by atoms with Crippen molar-refractivity contribution in [3.63, 3.8) is 0 Å². The summed E-state index contributed by atoms with van der Waals surface area (Å²) in [6, 6.07) is 155. The fraction of sp³-hybridized carbons (Fsp3) is 0.124. The molecular weight excluding hydrogens is 1510 g/mol. The van der Waals surface area contributed by atoms with Crippen LogP contribution in [0, 0.1) is 0 Å². The minimum absolute atomic E-state index is 0.384. The first-order valence-corrected chi connectivity index (χ1v) is 44.7. The van der Waals surface area contributed by atoms with Crippen molar-refractivity contribution in [3.05, 3.63) is 492 Å². The molecule has 604 valence electrons. The zero-order valence-electron chi connectivity index (χ0n) is 70.5. The fourth-order valence-corrected chi connectivity index (χ4v) is 21.4. The summed E-state index contributed by atoms with van der Waals surface area (Å²) < 4.78 is 12.5. The standard InChI is InChI=1S/C121H98N2O2/c1-3-85-49-69-101(70-50-85)124-79-31-7-5-29-77-119(93-37-17-11-18-38-93)111-45-25-21-41-103(111)107-74-66-98(82-115(107)119)122(95-60-53-89(54-61-95)87-33-13-9-14-34-87)96-64-57-91(58-65-96)92-59-73-109-105-43-23-27-47-113(105)121(117(109)81-92)114-48-28-24-44-106(114)110-76-68-100(84-118(110)121)123(97-62-55-90(56-63-97)88-35-15-10-16-36-88)99-67-75-108-104-42-22-26-46-112(104)120(116(108)83-99,94-39-19-12-20-40-94)78-30-6-8-32-80-125-102-71-51-86(4-2)52-72-102/h3-4,9-28,33-76,81-84H,1-2,5-8,29-32,77-80H2. The molecule has 0 aliphatic heterocycles. The van der Waals surface area contributed by atoms with E-state index in [-0.39, 0.29) is 5.41 Å². The molecule has 3 atom stereocenters. The first-order valence-electron chi connectivity index (χ1n) is 44.7. The van der Waals surface area contributed by atoms with Crippen molar-refractivity contribution in [1.29, 1.82) is 0 Å². The van der Waals surface area contributed by atoms with Crippen LogP contribution in [-0.2, 0) is 16.2 Å². The summed E-state index contributed by atoms with van der Waals surface area (Å²) in [5.41, 5.74) is 37.8. The summed E-state index contributed by atoms with van der Waals surface area (Å²) >= 11 is 0. The molecule has 4 heteroatoms. The van der Waals surface area contributed by atoms with Crippen LogP contribution >= 0.6 is 0 Å². The van der Waals surface area contributed by atoms with Gasteiger partial charge in [0.15, 0.2) is 0 Å². The molecule has 4 nitrogen and oxygen atoms in total. The Bertz CT molecular complexity index is 6790. The zero-order valence-corrected chi connectivity index (χ0v) is 70.5. The summed E-state index contributed by atoms with van der Waals surface area (Å²) in [5, 5.41) is 0. The van der Waals surface area contributed by atoms with Gasteiger partial charge in [0.1, 0.15) is 11.5 Å². The van der Waals surface area contributed by atoms with Crippen LogP contribution in [0.4, 0.5) is 34.1 Å². The molecule has 0 radical (unpaired) electrons. The lowest BCUT2D eigenvalue weighted by Gasteiger charge is -2.35. The van der Waals surface area contributed by atoms with Crippen molar-refractivity contribution in [1.82, 2.24) is 0 Å². The fourth-order valence-electron chi connectivity index (χ4n) is 21.4. The number of unbranched alkanes of at least 4 members (excludes halogenated alkanes) is 6. The first kappa shape index (κ1) is 77.7. The molecule has 17 aromatic carbocycles. The van der Waals surface area contributed by atoms with Gasteiger partial charge in [-0.2, -0.15) is 0 Å². The summed E-state index contributed by atoms with van der Waals surface area (Å²) in [6.45, 7) is 9.24. The highest BCUT2D eigenvalue weighted by Crippen LogP contribution is 2.65. The van der Waals surface area contributed by atoms with Crippen molar-refractivity contribution < 1.29 is 9.47 Å². The van der Waals surface area contributed by atoms with Gasteiger partial charge >= 0.3 is 0 Å². The Labute approximate surface area is 736 Å². The summed E-state index contributed by atoms with van der Waals surface area (Å²) in [7, 11) is 0. The van der Waals surface area contributed by atoms with Crippen molar-refractivity contribution >= 4 is 46.3 Å². The van der Waals surface area contributed by atoms with E-state index in [9.17, 15) is 0 Å². The molecule has 0 fully saturated rings. The molecule has 0 aromatic heterocycles. The zero-order chi connectivity index (χ0) is 83.7. The van der Waals surface area contributed by atoms with Crippen molar-refractivity contribution in [2.45, 2.75) is 80.5 Å². The number of anilines is 6. The van der Waals surface area contributed by atoms with Gasteiger partial charge in [-0.05, 0) is 273 Å². The number of benzene rings is 17. The highest BCUT2D eigenvalue weighted by molar-refractivity contribution is 5.99. The second kappa shape index (κ2) is 33.7. The van der Waals surface area contributed by atoms with Crippen molar-refractivity contribution in [2.24, 2.45) is 0 Å². The van der Waals surface area contributed by atoms with E-state index in [2.05, 4.69) is 411 Å². The molecule has 125 heavy (non-hydrogen) atoms. The first-order chi connectivity index (χ1) is 61.9. The van der Waals surface area contributed by atoms with Crippen LogP contribution in [0.2, 0.25) is 0 Å². The van der Waals surface area contributed by atoms with Gasteiger partial charge in [-0.15, -0.1) is 0 Å². The Morgan fingerprint density at radius 1 is 0.216 bits per heavy atom. The molecule has 0 N–H and O–H groups in total. The molecule has 0 amide bonds. The Balaban J connectivity index is 0.655. The molecule has 21 rings (SSSR count). The lowest BCUT2D eigenvalue weighted by Crippen LogP contribution is -2.27. The molecule has 3 unspecified atom stereocenters. The molecule has 4 aliphatic rings. The predicted octanol–water partition coefficient (Wildman–Crippen LogP) is 31.9. The Hall–Kier alpha value is -14.6. The number of hydrogen-bond acceptors (Lipinski definition) is 4. The minimum atomic E-state index is -0.670. The second-order valence-electron chi connectivity index (χ2n) is 34.0. The number of ether oxygens (including phenoxy) is 2. The van der Waals surface area contributed by atoms with E-state index in [1.165, 1.54) is 128 Å². The maximum absolute atomic E-state index is 6.27. The molecular formula is C121H98N2O2. The average Bonchev–Trinajstić information content (AvgIpc) is 1.50. The lowest BCUT2D eigenvalue weighted by molar-refractivity contribution is 0.303. The maximum atomic E-state index is 6.27. The van der Waals surface area contributed by atoms with Gasteiger partial charge in [-0.3, -0.25) is 0 Å². The quantitative estimate of drug-likeness (QED) is 0.0436. The van der Waals surface area contributed by atoms with Gasteiger partial charge in [0.25, 0.3) is 0 Å².